The molecule has 1 heterocycles. The quantitative estimate of drug-likeness (QED) is 0.802. The molecular weight excluding hydrogens is 216 g/mol. The Labute approximate surface area is 103 Å². The average molecular weight is 238 g/mol. The van der Waals surface area contributed by atoms with E-state index in [1.54, 1.807) is 4.90 Å². The molecule has 4 nitrogen and oxygen atoms in total. The van der Waals surface area contributed by atoms with Crippen molar-refractivity contribution in [3.63, 3.8) is 0 Å². The maximum atomic E-state index is 12.3. The first-order chi connectivity index (χ1) is 8.04. The molecule has 3 atom stereocenters. The smallest absolute Gasteiger partial charge is 0.246 e. The number of nitrogens with zero attached hydrogens (tertiary/aromatic N) is 1. The van der Waals surface area contributed by atoms with Crippen LogP contribution in [0.15, 0.2) is 0 Å². The Morgan fingerprint density at radius 3 is 2.59 bits per heavy atom. The first kappa shape index (κ1) is 12.4. The van der Waals surface area contributed by atoms with Gasteiger partial charge in [0.2, 0.25) is 11.8 Å². The third-order valence-corrected chi connectivity index (χ3v) is 3.92. The molecule has 1 N–H and O–H groups in total. The number of carbonyl (C=O) groups excluding carboxylic acids is 2. The van der Waals surface area contributed by atoms with Crippen LogP contribution in [-0.2, 0) is 9.59 Å². The summed E-state index contributed by atoms with van der Waals surface area (Å²) in [4.78, 5) is 25.9. The van der Waals surface area contributed by atoms with Crippen LogP contribution in [0.4, 0.5) is 0 Å². The van der Waals surface area contributed by atoms with Gasteiger partial charge in [0.05, 0.1) is 0 Å². The van der Waals surface area contributed by atoms with Crippen LogP contribution in [0.5, 0.6) is 0 Å². The summed E-state index contributed by atoms with van der Waals surface area (Å²) in [5.74, 6) is 0.849. The molecule has 2 fully saturated rings. The van der Waals surface area contributed by atoms with Crippen LogP contribution >= 0.6 is 0 Å². The molecule has 0 bridgehead atoms. The zero-order valence-electron chi connectivity index (χ0n) is 10.9. The van der Waals surface area contributed by atoms with Gasteiger partial charge in [-0.1, -0.05) is 19.8 Å². The molecule has 17 heavy (non-hydrogen) atoms. The molecular formula is C13H22N2O2. The van der Waals surface area contributed by atoms with E-state index in [0.29, 0.717) is 6.42 Å². The highest BCUT2D eigenvalue weighted by Crippen LogP contribution is 2.35. The highest BCUT2D eigenvalue weighted by molar-refractivity contribution is 5.96. The zero-order valence-corrected chi connectivity index (χ0v) is 10.9. The van der Waals surface area contributed by atoms with Crippen molar-refractivity contribution in [1.29, 1.82) is 0 Å². The number of hydrogen-bond donors (Lipinski definition) is 1. The van der Waals surface area contributed by atoms with Gasteiger partial charge in [-0.2, -0.15) is 0 Å². The Kier molecular flexibility index (Phi) is 3.40. The minimum atomic E-state index is -0.320. The van der Waals surface area contributed by atoms with Crippen molar-refractivity contribution in [2.45, 2.75) is 64.6 Å². The molecule has 1 saturated heterocycles. The highest BCUT2D eigenvalue weighted by Gasteiger charge is 2.40. The van der Waals surface area contributed by atoms with Crippen LogP contribution in [-0.4, -0.2) is 34.8 Å². The van der Waals surface area contributed by atoms with Gasteiger partial charge in [0, 0.05) is 6.04 Å². The second-order valence-electron chi connectivity index (χ2n) is 5.42. The number of rotatable bonds is 4. The van der Waals surface area contributed by atoms with Crippen molar-refractivity contribution in [3.8, 4) is 0 Å². The van der Waals surface area contributed by atoms with E-state index in [1.807, 2.05) is 13.8 Å². The minimum absolute atomic E-state index is 0.0147. The molecule has 4 heteroatoms. The summed E-state index contributed by atoms with van der Waals surface area (Å²) in [6.45, 7) is 5.82. The van der Waals surface area contributed by atoms with Crippen molar-refractivity contribution in [2.24, 2.45) is 5.92 Å². The van der Waals surface area contributed by atoms with Crippen LogP contribution in [0.2, 0.25) is 0 Å². The van der Waals surface area contributed by atoms with Gasteiger partial charge >= 0.3 is 0 Å². The maximum absolute atomic E-state index is 12.3. The lowest BCUT2D eigenvalue weighted by molar-refractivity contribution is -0.151. The van der Waals surface area contributed by atoms with Crippen molar-refractivity contribution >= 4 is 11.8 Å². The second-order valence-corrected chi connectivity index (χ2v) is 5.42. The number of hydrogen-bond acceptors (Lipinski definition) is 2. The normalized spacial score (nSPS) is 31.4. The summed E-state index contributed by atoms with van der Waals surface area (Å²) in [7, 11) is 0. The van der Waals surface area contributed by atoms with Crippen LogP contribution in [0.1, 0.15) is 46.5 Å². The topological polar surface area (TPSA) is 49.4 Å². The predicted molar refractivity (Wildman–Crippen MR) is 65.3 cm³/mol. The van der Waals surface area contributed by atoms with Gasteiger partial charge in [0.15, 0.2) is 0 Å². The lowest BCUT2D eigenvalue weighted by atomic mass is 10.0. The maximum Gasteiger partial charge on any atom is 0.246 e. The fourth-order valence-electron chi connectivity index (χ4n) is 2.68. The van der Waals surface area contributed by atoms with E-state index in [2.05, 4.69) is 12.2 Å². The van der Waals surface area contributed by atoms with E-state index in [0.717, 1.165) is 12.3 Å². The predicted octanol–water partition coefficient (Wildman–Crippen LogP) is 1.30. The second kappa shape index (κ2) is 4.67. The van der Waals surface area contributed by atoms with Gasteiger partial charge in [-0.25, -0.2) is 0 Å². The summed E-state index contributed by atoms with van der Waals surface area (Å²) in [5, 5.41) is 2.79. The zero-order chi connectivity index (χ0) is 12.6. The van der Waals surface area contributed by atoms with Gasteiger partial charge in [0.1, 0.15) is 12.1 Å². The molecule has 0 aromatic carbocycles. The van der Waals surface area contributed by atoms with Crippen molar-refractivity contribution < 1.29 is 9.59 Å². The van der Waals surface area contributed by atoms with Crippen LogP contribution < -0.4 is 5.32 Å². The molecule has 2 amide bonds. The first-order valence-electron chi connectivity index (χ1n) is 6.67. The Morgan fingerprint density at radius 1 is 1.41 bits per heavy atom. The van der Waals surface area contributed by atoms with Gasteiger partial charge in [0.25, 0.3) is 0 Å². The standard InChI is InChI=1S/C13H22N2O2/c1-4-11-13(17)15(9(3)12(16)14-11)8(2)7-10-5-6-10/h8-11H,4-7H2,1-3H3,(H,14,16). The Hall–Kier alpha value is -1.06. The highest BCUT2D eigenvalue weighted by atomic mass is 16.2. The molecule has 1 aliphatic carbocycles. The van der Waals surface area contributed by atoms with E-state index in [4.69, 9.17) is 0 Å². The summed E-state index contributed by atoms with van der Waals surface area (Å²) in [5.41, 5.74) is 0. The average Bonchev–Trinajstić information content (AvgIpc) is 3.07. The molecule has 0 spiro atoms. The number of carbonyl (C=O) groups is 2. The first-order valence-corrected chi connectivity index (χ1v) is 6.67. The molecule has 3 unspecified atom stereocenters. The van der Waals surface area contributed by atoms with E-state index >= 15 is 0 Å². The summed E-state index contributed by atoms with van der Waals surface area (Å²) in [6, 6.07) is -0.454. The summed E-state index contributed by atoms with van der Waals surface area (Å²) in [6.07, 6.45) is 4.28. The number of nitrogens with one attached hydrogen (secondary N) is 1. The van der Waals surface area contributed by atoms with Crippen molar-refractivity contribution in [2.75, 3.05) is 0 Å². The summed E-state index contributed by atoms with van der Waals surface area (Å²) < 4.78 is 0. The third-order valence-electron chi connectivity index (χ3n) is 3.92. The monoisotopic (exact) mass is 238 g/mol. The molecule has 0 aromatic heterocycles. The summed E-state index contributed by atoms with van der Waals surface area (Å²) >= 11 is 0. The number of piperazine rings is 1. The lowest BCUT2D eigenvalue weighted by Gasteiger charge is -2.41. The number of amides is 2. The lowest BCUT2D eigenvalue weighted by Crippen LogP contribution is -2.64. The van der Waals surface area contributed by atoms with E-state index < -0.39 is 0 Å². The van der Waals surface area contributed by atoms with Crippen molar-refractivity contribution in [3.05, 3.63) is 0 Å². The van der Waals surface area contributed by atoms with Gasteiger partial charge < -0.3 is 10.2 Å². The Bertz CT molecular complexity index is 325. The van der Waals surface area contributed by atoms with Gasteiger partial charge in [-0.15, -0.1) is 0 Å². The minimum Gasteiger partial charge on any atom is -0.343 e. The van der Waals surface area contributed by atoms with Gasteiger partial charge in [-0.05, 0) is 32.6 Å². The molecule has 1 aliphatic heterocycles. The van der Waals surface area contributed by atoms with E-state index in [1.165, 1.54) is 12.8 Å². The largest absolute Gasteiger partial charge is 0.343 e. The fraction of sp³-hybridized carbons (Fsp3) is 0.846. The molecule has 96 valence electrons. The fourth-order valence-corrected chi connectivity index (χ4v) is 2.68. The molecule has 1 saturated carbocycles. The van der Waals surface area contributed by atoms with Crippen LogP contribution in [0.25, 0.3) is 0 Å². The Balaban J connectivity index is 2.09. The molecule has 0 radical (unpaired) electrons. The molecule has 2 rings (SSSR count). The van der Waals surface area contributed by atoms with E-state index in [9.17, 15) is 9.59 Å². The third kappa shape index (κ3) is 2.45. The molecule has 2 aliphatic rings. The van der Waals surface area contributed by atoms with Crippen LogP contribution in [0.3, 0.4) is 0 Å². The van der Waals surface area contributed by atoms with Gasteiger partial charge in [-0.3, -0.25) is 9.59 Å². The van der Waals surface area contributed by atoms with E-state index in [-0.39, 0.29) is 29.9 Å². The Morgan fingerprint density at radius 2 is 2.06 bits per heavy atom. The SMILES string of the molecule is CCC1NC(=O)C(C)N(C(C)CC2CC2)C1=O. The van der Waals surface area contributed by atoms with Crippen LogP contribution in [0, 0.1) is 5.92 Å². The van der Waals surface area contributed by atoms with Crippen molar-refractivity contribution in [1.82, 2.24) is 10.2 Å². The molecule has 0 aromatic rings.